The van der Waals surface area contributed by atoms with Crippen molar-refractivity contribution < 1.29 is 9.47 Å². The van der Waals surface area contributed by atoms with Crippen molar-refractivity contribution in [1.82, 2.24) is 5.32 Å². The molecule has 1 unspecified atom stereocenters. The molecule has 0 spiro atoms. The first-order valence-electron chi connectivity index (χ1n) is 8.35. The zero-order chi connectivity index (χ0) is 15.3. The molecule has 0 aliphatic rings. The van der Waals surface area contributed by atoms with Crippen molar-refractivity contribution in [3.63, 3.8) is 0 Å². The third kappa shape index (κ3) is 7.49. The molecule has 0 heterocycles. The molecule has 0 aliphatic heterocycles. The molecular weight excluding hydrogens is 262 g/mol. The predicted octanol–water partition coefficient (Wildman–Crippen LogP) is 4.33. The quantitative estimate of drug-likeness (QED) is 0.582. The van der Waals surface area contributed by atoms with Gasteiger partial charge in [0, 0.05) is 6.61 Å². The number of likely N-dealkylation sites (N-methyl/N-ethyl adjacent to an activating group) is 1. The Bertz CT molecular complexity index is 351. The molecule has 0 saturated heterocycles. The van der Waals surface area contributed by atoms with Gasteiger partial charge in [-0.3, -0.25) is 0 Å². The lowest BCUT2D eigenvalue weighted by Crippen LogP contribution is -2.25. The molecule has 0 saturated carbocycles. The van der Waals surface area contributed by atoms with E-state index in [2.05, 4.69) is 31.3 Å². The van der Waals surface area contributed by atoms with Gasteiger partial charge in [0.1, 0.15) is 5.75 Å². The molecule has 21 heavy (non-hydrogen) atoms. The van der Waals surface area contributed by atoms with Crippen molar-refractivity contribution in [2.24, 2.45) is 0 Å². The Morgan fingerprint density at radius 2 is 1.76 bits per heavy atom. The van der Waals surface area contributed by atoms with E-state index in [-0.39, 0.29) is 6.04 Å². The Morgan fingerprint density at radius 3 is 2.38 bits per heavy atom. The Labute approximate surface area is 130 Å². The van der Waals surface area contributed by atoms with E-state index in [9.17, 15) is 0 Å². The van der Waals surface area contributed by atoms with Crippen molar-refractivity contribution in [2.75, 3.05) is 26.4 Å². The summed E-state index contributed by atoms with van der Waals surface area (Å²) < 4.78 is 11.3. The summed E-state index contributed by atoms with van der Waals surface area (Å²) in [5, 5.41) is 3.49. The standard InChI is InChI=1S/C18H31NO2/c1-4-7-8-9-14-20-15-18(19-5-2)16-10-12-17(13-11-16)21-6-3/h10-13,18-19H,4-9,14-15H2,1-3H3. The molecule has 1 aromatic carbocycles. The van der Waals surface area contributed by atoms with E-state index in [0.717, 1.165) is 31.9 Å². The van der Waals surface area contributed by atoms with E-state index >= 15 is 0 Å². The lowest BCUT2D eigenvalue weighted by molar-refractivity contribution is 0.108. The van der Waals surface area contributed by atoms with Crippen LogP contribution in [0, 0.1) is 0 Å². The second-order valence-corrected chi connectivity index (χ2v) is 5.25. The van der Waals surface area contributed by atoms with Crippen LogP contribution in [0.3, 0.4) is 0 Å². The maximum atomic E-state index is 5.83. The molecule has 0 aliphatic carbocycles. The fourth-order valence-electron chi connectivity index (χ4n) is 2.31. The molecular formula is C18H31NO2. The number of ether oxygens (including phenoxy) is 2. The molecule has 0 radical (unpaired) electrons. The summed E-state index contributed by atoms with van der Waals surface area (Å²) in [5.41, 5.74) is 1.26. The second kappa shape index (κ2) is 11.6. The zero-order valence-electron chi connectivity index (χ0n) is 13.9. The van der Waals surface area contributed by atoms with E-state index in [1.165, 1.54) is 24.8 Å². The van der Waals surface area contributed by atoms with Crippen molar-refractivity contribution >= 4 is 0 Å². The highest BCUT2D eigenvalue weighted by Gasteiger charge is 2.10. The smallest absolute Gasteiger partial charge is 0.119 e. The average molecular weight is 293 g/mol. The van der Waals surface area contributed by atoms with Crippen molar-refractivity contribution in [3.8, 4) is 5.75 Å². The number of unbranched alkanes of at least 4 members (excludes halogenated alkanes) is 3. The normalized spacial score (nSPS) is 12.3. The van der Waals surface area contributed by atoms with Gasteiger partial charge in [0.15, 0.2) is 0 Å². The summed E-state index contributed by atoms with van der Waals surface area (Å²) in [7, 11) is 0. The van der Waals surface area contributed by atoms with Gasteiger partial charge in [-0.1, -0.05) is 45.2 Å². The summed E-state index contributed by atoms with van der Waals surface area (Å²) in [5.74, 6) is 0.928. The van der Waals surface area contributed by atoms with Gasteiger partial charge in [-0.2, -0.15) is 0 Å². The van der Waals surface area contributed by atoms with E-state index in [1.54, 1.807) is 0 Å². The van der Waals surface area contributed by atoms with Gasteiger partial charge in [0.2, 0.25) is 0 Å². The Morgan fingerprint density at radius 1 is 1.00 bits per heavy atom. The van der Waals surface area contributed by atoms with Gasteiger partial charge in [0.25, 0.3) is 0 Å². The van der Waals surface area contributed by atoms with Crippen LogP contribution in [0.25, 0.3) is 0 Å². The fourth-order valence-corrected chi connectivity index (χ4v) is 2.31. The predicted molar refractivity (Wildman–Crippen MR) is 89.0 cm³/mol. The highest BCUT2D eigenvalue weighted by Crippen LogP contribution is 2.18. The van der Waals surface area contributed by atoms with Crippen LogP contribution in [0.4, 0.5) is 0 Å². The minimum absolute atomic E-state index is 0.261. The van der Waals surface area contributed by atoms with Crippen LogP contribution in [-0.2, 0) is 4.74 Å². The van der Waals surface area contributed by atoms with Crippen LogP contribution < -0.4 is 10.1 Å². The maximum Gasteiger partial charge on any atom is 0.119 e. The van der Waals surface area contributed by atoms with E-state index in [0.29, 0.717) is 6.61 Å². The summed E-state index contributed by atoms with van der Waals surface area (Å²) in [6, 6.07) is 8.57. The number of hydrogen-bond acceptors (Lipinski definition) is 3. The Kier molecular flexibility index (Phi) is 9.92. The van der Waals surface area contributed by atoms with Crippen LogP contribution in [-0.4, -0.2) is 26.4 Å². The molecule has 120 valence electrons. The van der Waals surface area contributed by atoms with Crippen molar-refractivity contribution in [2.45, 2.75) is 52.5 Å². The van der Waals surface area contributed by atoms with Gasteiger partial charge < -0.3 is 14.8 Å². The van der Waals surface area contributed by atoms with Gasteiger partial charge in [-0.05, 0) is 37.6 Å². The topological polar surface area (TPSA) is 30.5 Å². The lowest BCUT2D eigenvalue weighted by Gasteiger charge is -2.19. The van der Waals surface area contributed by atoms with Crippen LogP contribution in [0.5, 0.6) is 5.75 Å². The average Bonchev–Trinajstić information content (AvgIpc) is 2.51. The first-order valence-corrected chi connectivity index (χ1v) is 8.35. The number of nitrogens with one attached hydrogen (secondary N) is 1. The maximum absolute atomic E-state index is 5.83. The zero-order valence-corrected chi connectivity index (χ0v) is 13.9. The Balaban J connectivity index is 2.40. The van der Waals surface area contributed by atoms with Gasteiger partial charge in [0.05, 0.1) is 19.3 Å². The number of benzene rings is 1. The third-order valence-corrected chi connectivity index (χ3v) is 3.47. The molecule has 0 bridgehead atoms. The largest absolute Gasteiger partial charge is 0.494 e. The highest BCUT2D eigenvalue weighted by molar-refractivity contribution is 5.29. The van der Waals surface area contributed by atoms with E-state index in [1.807, 2.05) is 19.1 Å². The minimum Gasteiger partial charge on any atom is -0.494 e. The number of rotatable bonds is 12. The van der Waals surface area contributed by atoms with Gasteiger partial charge in [-0.15, -0.1) is 0 Å². The van der Waals surface area contributed by atoms with Gasteiger partial charge >= 0.3 is 0 Å². The summed E-state index contributed by atoms with van der Waals surface area (Å²) in [4.78, 5) is 0. The molecule has 1 rings (SSSR count). The SMILES string of the molecule is CCCCCCOCC(NCC)c1ccc(OCC)cc1. The monoisotopic (exact) mass is 293 g/mol. The first kappa shape index (κ1) is 18.0. The molecule has 1 N–H and O–H groups in total. The van der Waals surface area contributed by atoms with Crippen molar-refractivity contribution in [1.29, 1.82) is 0 Å². The molecule has 0 fully saturated rings. The van der Waals surface area contributed by atoms with Crippen LogP contribution in [0.2, 0.25) is 0 Å². The van der Waals surface area contributed by atoms with Crippen molar-refractivity contribution in [3.05, 3.63) is 29.8 Å². The summed E-state index contributed by atoms with van der Waals surface area (Å²) >= 11 is 0. The molecule has 3 nitrogen and oxygen atoms in total. The van der Waals surface area contributed by atoms with E-state index < -0.39 is 0 Å². The third-order valence-electron chi connectivity index (χ3n) is 3.47. The summed E-state index contributed by atoms with van der Waals surface area (Å²) in [6.07, 6.45) is 5.01. The first-order chi connectivity index (χ1) is 10.3. The number of hydrogen-bond donors (Lipinski definition) is 1. The fraction of sp³-hybridized carbons (Fsp3) is 0.667. The summed E-state index contributed by atoms with van der Waals surface area (Å²) in [6.45, 7) is 9.60. The molecule has 0 amide bonds. The lowest BCUT2D eigenvalue weighted by atomic mass is 10.1. The van der Waals surface area contributed by atoms with Crippen LogP contribution in [0.15, 0.2) is 24.3 Å². The van der Waals surface area contributed by atoms with Gasteiger partial charge in [-0.25, -0.2) is 0 Å². The Hall–Kier alpha value is -1.06. The van der Waals surface area contributed by atoms with E-state index in [4.69, 9.17) is 9.47 Å². The van der Waals surface area contributed by atoms with Crippen LogP contribution in [0.1, 0.15) is 58.1 Å². The molecule has 1 aromatic rings. The second-order valence-electron chi connectivity index (χ2n) is 5.25. The van der Waals surface area contributed by atoms with Crippen LogP contribution >= 0.6 is 0 Å². The molecule has 0 aromatic heterocycles. The molecule has 3 heteroatoms. The minimum atomic E-state index is 0.261. The highest BCUT2D eigenvalue weighted by atomic mass is 16.5. The molecule has 1 atom stereocenters.